The molecular weight excluding hydrogens is 304 g/mol. The van der Waals surface area contributed by atoms with Crippen molar-refractivity contribution < 1.29 is 9.32 Å². The number of hydrogen-bond donors (Lipinski definition) is 2. The lowest BCUT2D eigenvalue weighted by molar-refractivity contribution is 0.102. The van der Waals surface area contributed by atoms with Crippen LogP contribution in [0.1, 0.15) is 27.2 Å². The number of carbonyl (C=O) groups excluding carboxylic acids is 1. The van der Waals surface area contributed by atoms with Crippen LogP contribution in [-0.2, 0) is 0 Å². The SMILES string of the molecule is Cc1cc(NC(=O)c2cncc(Nc3ccc(C)c(C)c3)c2)no1. The first-order chi connectivity index (χ1) is 11.5. The van der Waals surface area contributed by atoms with Crippen LogP contribution >= 0.6 is 0 Å². The van der Waals surface area contributed by atoms with E-state index in [0.717, 1.165) is 11.4 Å². The zero-order chi connectivity index (χ0) is 17.1. The van der Waals surface area contributed by atoms with Crippen molar-refractivity contribution in [2.24, 2.45) is 0 Å². The summed E-state index contributed by atoms with van der Waals surface area (Å²) in [6.45, 7) is 5.89. The maximum Gasteiger partial charge on any atom is 0.258 e. The van der Waals surface area contributed by atoms with Gasteiger partial charge in [0.15, 0.2) is 5.82 Å². The van der Waals surface area contributed by atoms with Crippen molar-refractivity contribution in [1.29, 1.82) is 0 Å². The Morgan fingerprint density at radius 3 is 2.54 bits per heavy atom. The number of nitrogens with zero attached hydrogens (tertiary/aromatic N) is 2. The van der Waals surface area contributed by atoms with Gasteiger partial charge in [0.2, 0.25) is 0 Å². The van der Waals surface area contributed by atoms with E-state index in [1.807, 2.05) is 6.07 Å². The first kappa shape index (κ1) is 15.7. The molecule has 0 aliphatic rings. The Hall–Kier alpha value is -3.15. The third kappa shape index (κ3) is 3.60. The number of hydrogen-bond acceptors (Lipinski definition) is 5. The molecule has 0 radical (unpaired) electrons. The average Bonchev–Trinajstić information content (AvgIpc) is 2.96. The molecule has 2 heterocycles. The molecule has 24 heavy (non-hydrogen) atoms. The molecule has 2 N–H and O–H groups in total. The second-order valence-corrected chi connectivity index (χ2v) is 5.66. The number of aromatic nitrogens is 2. The van der Waals surface area contributed by atoms with Crippen LogP contribution in [0, 0.1) is 20.8 Å². The molecule has 2 aromatic heterocycles. The minimum Gasteiger partial charge on any atom is -0.360 e. The summed E-state index contributed by atoms with van der Waals surface area (Å²) in [4.78, 5) is 16.4. The Bertz CT molecular complexity index is 886. The summed E-state index contributed by atoms with van der Waals surface area (Å²) in [7, 11) is 0. The number of amides is 1. The quantitative estimate of drug-likeness (QED) is 0.759. The molecule has 0 saturated heterocycles. The van der Waals surface area contributed by atoms with Gasteiger partial charge >= 0.3 is 0 Å². The third-order valence-corrected chi connectivity index (χ3v) is 3.67. The molecule has 122 valence electrons. The van der Waals surface area contributed by atoms with Gasteiger partial charge in [0.1, 0.15) is 5.76 Å². The van der Waals surface area contributed by atoms with Crippen LogP contribution in [-0.4, -0.2) is 16.0 Å². The molecule has 0 aliphatic heterocycles. The molecule has 6 nitrogen and oxygen atoms in total. The molecule has 0 aliphatic carbocycles. The fourth-order valence-corrected chi connectivity index (χ4v) is 2.23. The number of rotatable bonds is 4. The second-order valence-electron chi connectivity index (χ2n) is 5.66. The van der Waals surface area contributed by atoms with Gasteiger partial charge in [-0.3, -0.25) is 9.78 Å². The van der Waals surface area contributed by atoms with E-state index in [1.54, 1.807) is 25.3 Å². The summed E-state index contributed by atoms with van der Waals surface area (Å²) < 4.78 is 4.93. The molecular formula is C18H18N4O2. The topological polar surface area (TPSA) is 80.0 Å². The molecule has 0 unspecified atom stereocenters. The second kappa shape index (κ2) is 6.54. The van der Waals surface area contributed by atoms with Gasteiger partial charge in [-0.15, -0.1) is 0 Å². The van der Waals surface area contributed by atoms with E-state index < -0.39 is 0 Å². The lowest BCUT2D eigenvalue weighted by atomic mass is 10.1. The highest BCUT2D eigenvalue weighted by Gasteiger charge is 2.10. The van der Waals surface area contributed by atoms with Gasteiger partial charge in [0, 0.05) is 18.0 Å². The van der Waals surface area contributed by atoms with Gasteiger partial charge in [-0.05, 0) is 50.1 Å². The van der Waals surface area contributed by atoms with E-state index >= 15 is 0 Å². The van der Waals surface area contributed by atoms with Gasteiger partial charge in [-0.1, -0.05) is 11.2 Å². The first-order valence-electron chi connectivity index (χ1n) is 7.55. The summed E-state index contributed by atoms with van der Waals surface area (Å²) in [6, 6.07) is 9.50. The van der Waals surface area contributed by atoms with E-state index in [0.29, 0.717) is 17.1 Å². The van der Waals surface area contributed by atoms with E-state index in [9.17, 15) is 4.79 Å². The summed E-state index contributed by atoms with van der Waals surface area (Å²) in [6.07, 6.45) is 3.18. The van der Waals surface area contributed by atoms with Gasteiger partial charge in [0.25, 0.3) is 5.91 Å². The number of benzene rings is 1. The van der Waals surface area contributed by atoms with E-state index in [1.165, 1.54) is 17.3 Å². The molecule has 0 fully saturated rings. The van der Waals surface area contributed by atoms with E-state index in [4.69, 9.17) is 4.52 Å². The normalized spacial score (nSPS) is 10.5. The fraction of sp³-hybridized carbons (Fsp3) is 0.167. The Morgan fingerprint density at radius 1 is 1.00 bits per heavy atom. The van der Waals surface area contributed by atoms with Crippen LogP contribution in [0.15, 0.2) is 47.2 Å². The number of carbonyl (C=O) groups is 1. The van der Waals surface area contributed by atoms with Gasteiger partial charge in [-0.25, -0.2) is 0 Å². The highest BCUT2D eigenvalue weighted by molar-refractivity contribution is 6.04. The predicted molar refractivity (Wildman–Crippen MR) is 92.6 cm³/mol. The van der Waals surface area contributed by atoms with Crippen LogP contribution in [0.25, 0.3) is 0 Å². The Balaban J connectivity index is 1.75. The van der Waals surface area contributed by atoms with Gasteiger partial charge < -0.3 is 15.2 Å². The summed E-state index contributed by atoms with van der Waals surface area (Å²) in [5.74, 6) is 0.721. The van der Waals surface area contributed by atoms with Crippen LogP contribution in [0.5, 0.6) is 0 Å². The summed E-state index contributed by atoms with van der Waals surface area (Å²) >= 11 is 0. The molecule has 3 aromatic rings. The number of pyridine rings is 1. The fourth-order valence-electron chi connectivity index (χ4n) is 2.23. The van der Waals surface area contributed by atoms with Crippen molar-refractivity contribution >= 4 is 23.1 Å². The molecule has 0 bridgehead atoms. The standard InChI is InChI=1S/C18H18N4O2/c1-11-4-5-15(6-12(11)2)20-16-8-14(9-19-10-16)18(23)21-17-7-13(3)24-22-17/h4-10,20H,1-3H3,(H,21,22,23). The van der Waals surface area contributed by atoms with Crippen LogP contribution in [0.2, 0.25) is 0 Å². The molecule has 0 spiro atoms. The largest absolute Gasteiger partial charge is 0.360 e. The molecule has 0 atom stereocenters. The lowest BCUT2D eigenvalue weighted by Crippen LogP contribution is -2.12. The molecule has 3 rings (SSSR count). The van der Waals surface area contributed by atoms with E-state index in [-0.39, 0.29) is 5.91 Å². The molecule has 0 saturated carbocycles. The molecule has 1 amide bonds. The van der Waals surface area contributed by atoms with Crippen molar-refractivity contribution in [3.05, 3.63) is 65.2 Å². The van der Waals surface area contributed by atoms with Crippen molar-refractivity contribution in [1.82, 2.24) is 10.1 Å². The van der Waals surface area contributed by atoms with Crippen LogP contribution < -0.4 is 10.6 Å². The summed E-state index contributed by atoms with van der Waals surface area (Å²) in [5.41, 5.74) is 4.55. The highest BCUT2D eigenvalue weighted by Crippen LogP contribution is 2.20. The van der Waals surface area contributed by atoms with Crippen molar-refractivity contribution in [2.45, 2.75) is 20.8 Å². The maximum absolute atomic E-state index is 12.3. The smallest absolute Gasteiger partial charge is 0.258 e. The van der Waals surface area contributed by atoms with Gasteiger partial charge in [0.05, 0.1) is 17.4 Å². The number of anilines is 3. The summed E-state index contributed by atoms with van der Waals surface area (Å²) in [5, 5.41) is 9.68. The Kier molecular flexibility index (Phi) is 4.29. The van der Waals surface area contributed by atoms with Crippen molar-refractivity contribution in [3.8, 4) is 0 Å². The van der Waals surface area contributed by atoms with E-state index in [2.05, 4.69) is 46.8 Å². The predicted octanol–water partition coefficient (Wildman–Crippen LogP) is 3.99. The van der Waals surface area contributed by atoms with Crippen molar-refractivity contribution in [2.75, 3.05) is 10.6 Å². The minimum atomic E-state index is -0.292. The molecule has 6 heteroatoms. The number of aryl methyl sites for hydroxylation is 3. The van der Waals surface area contributed by atoms with Crippen LogP contribution in [0.3, 0.4) is 0 Å². The monoisotopic (exact) mass is 322 g/mol. The number of nitrogens with one attached hydrogen (secondary N) is 2. The zero-order valence-corrected chi connectivity index (χ0v) is 13.8. The maximum atomic E-state index is 12.3. The average molecular weight is 322 g/mol. The highest BCUT2D eigenvalue weighted by atomic mass is 16.5. The first-order valence-corrected chi connectivity index (χ1v) is 7.55. The molecule has 1 aromatic carbocycles. The third-order valence-electron chi connectivity index (χ3n) is 3.67. The minimum absolute atomic E-state index is 0.292. The zero-order valence-electron chi connectivity index (χ0n) is 13.8. The van der Waals surface area contributed by atoms with Gasteiger partial charge in [-0.2, -0.15) is 0 Å². The Labute approximate surface area is 139 Å². The van der Waals surface area contributed by atoms with Crippen molar-refractivity contribution in [3.63, 3.8) is 0 Å². The lowest BCUT2D eigenvalue weighted by Gasteiger charge is -2.09. The van der Waals surface area contributed by atoms with Crippen LogP contribution in [0.4, 0.5) is 17.2 Å². The Morgan fingerprint density at radius 2 is 1.83 bits per heavy atom.